The Morgan fingerprint density at radius 2 is 1.66 bits per heavy atom. The lowest BCUT2D eigenvalue weighted by atomic mass is 10.0. The second kappa shape index (κ2) is 8.10. The molecule has 0 saturated carbocycles. The van der Waals surface area contributed by atoms with Gasteiger partial charge in [0.2, 0.25) is 0 Å². The van der Waals surface area contributed by atoms with Crippen LogP contribution < -0.4 is 5.56 Å². The Morgan fingerprint density at radius 1 is 0.931 bits per heavy atom. The van der Waals surface area contributed by atoms with Gasteiger partial charge >= 0.3 is 5.97 Å². The highest BCUT2D eigenvalue weighted by Gasteiger charge is 2.10. The van der Waals surface area contributed by atoms with E-state index < -0.39 is 5.97 Å². The van der Waals surface area contributed by atoms with Crippen LogP contribution in [-0.2, 0) is 22.7 Å². The molecule has 1 aromatic heterocycles. The van der Waals surface area contributed by atoms with Gasteiger partial charge in [0.15, 0.2) is 0 Å². The van der Waals surface area contributed by atoms with Gasteiger partial charge < -0.3 is 4.74 Å². The Morgan fingerprint density at radius 3 is 2.41 bits per heavy atom. The third-order valence-corrected chi connectivity index (χ3v) is 4.82. The third-order valence-electron chi connectivity index (χ3n) is 4.82. The second-order valence-corrected chi connectivity index (χ2v) is 6.87. The zero-order valence-corrected chi connectivity index (χ0v) is 16.0. The maximum atomic E-state index is 12.6. The van der Waals surface area contributed by atoms with Gasteiger partial charge in [0.1, 0.15) is 13.2 Å². The summed E-state index contributed by atoms with van der Waals surface area (Å²) in [5, 5.41) is 0.497. The van der Waals surface area contributed by atoms with E-state index in [-0.39, 0.29) is 18.7 Å². The molecule has 0 aliphatic rings. The molecule has 0 spiro atoms. The molecule has 0 unspecified atom stereocenters. The van der Waals surface area contributed by atoms with E-state index in [0.29, 0.717) is 10.9 Å². The summed E-state index contributed by atoms with van der Waals surface area (Å²) in [6.07, 6.45) is 1.40. The molecule has 144 valence electrons. The van der Waals surface area contributed by atoms with Gasteiger partial charge in [-0.1, -0.05) is 66.7 Å². The van der Waals surface area contributed by atoms with Crippen molar-refractivity contribution in [1.29, 1.82) is 0 Å². The molecule has 29 heavy (non-hydrogen) atoms. The zero-order valence-electron chi connectivity index (χ0n) is 16.0. The quantitative estimate of drug-likeness (QED) is 0.486. The van der Waals surface area contributed by atoms with E-state index in [9.17, 15) is 9.59 Å². The van der Waals surface area contributed by atoms with Gasteiger partial charge in [-0.2, -0.15) is 0 Å². The minimum absolute atomic E-state index is 0.156. The van der Waals surface area contributed by atoms with Crippen molar-refractivity contribution < 1.29 is 9.53 Å². The van der Waals surface area contributed by atoms with Crippen LogP contribution in [-0.4, -0.2) is 15.5 Å². The molecule has 3 aromatic carbocycles. The van der Waals surface area contributed by atoms with Crippen molar-refractivity contribution in [2.45, 2.75) is 20.1 Å². The summed E-state index contributed by atoms with van der Waals surface area (Å²) >= 11 is 0. The van der Waals surface area contributed by atoms with E-state index in [1.165, 1.54) is 10.9 Å². The molecule has 1 heterocycles. The number of hydrogen-bond donors (Lipinski definition) is 0. The fourth-order valence-electron chi connectivity index (χ4n) is 3.22. The zero-order chi connectivity index (χ0) is 20.2. The molecule has 4 aromatic rings. The van der Waals surface area contributed by atoms with Crippen LogP contribution in [0.25, 0.3) is 22.0 Å². The average Bonchev–Trinajstić information content (AvgIpc) is 2.76. The van der Waals surface area contributed by atoms with Crippen molar-refractivity contribution in [3.63, 3.8) is 0 Å². The van der Waals surface area contributed by atoms with Gasteiger partial charge in [-0.05, 0) is 35.2 Å². The summed E-state index contributed by atoms with van der Waals surface area (Å²) in [4.78, 5) is 29.1. The van der Waals surface area contributed by atoms with Crippen LogP contribution in [0.5, 0.6) is 0 Å². The predicted octanol–water partition coefficient (Wildman–Crippen LogP) is 4.12. The number of ether oxygens (including phenoxy) is 1. The molecule has 0 bridgehead atoms. The number of nitrogens with zero attached hydrogens (tertiary/aromatic N) is 2. The van der Waals surface area contributed by atoms with Crippen molar-refractivity contribution in [2.24, 2.45) is 0 Å². The van der Waals surface area contributed by atoms with Gasteiger partial charge in [0.25, 0.3) is 5.56 Å². The van der Waals surface area contributed by atoms with Crippen LogP contribution in [0.4, 0.5) is 0 Å². The summed E-state index contributed by atoms with van der Waals surface area (Å²) in [6, 6.07) is 23.4. The first-order chi connectivity index (χ1) is 14.1. The van der Waals surface area contributed by atoms with Crippen molar-refractivity contribution >= 4 is 16.9 Å². The third kappa shape index (κ3) is 4.09. The number of carbonyl (C=O) groups excluding carboxylic acids is 1. The predicted molar refractivity (Wildman–Crippen MR) is 112 cm³/mol. The lowest BCUT2D eigenvalue weighted by Crippen LogP contribution is -2.25. The maximum Gasteiger partial charge on any atom is 0.326 e. The van der Waals surface area contributed by atoms with E-state index in [1.807, 2.05) is 73.7 Å². The number of fused-ring (bicyclic) bond motifs is 1. The van der Waals surface area contributed by atoms with Gasteiger partial charge in [-0.15, -0.1) is 0 Å². The molecule has 0 atom stereocenters. The SMILES string of the molecule is Cc1cccc2c(=O)n(CC(=O)OCc3ccc(-c4ccccc4)cc3)cnc12. The van der Waals surface area contributed by atoms with Crippen molar-refractivity contribution in [3.05, 3.63) is 101 Å². The topological polar surface area (TPSA) is 61.2 Å². The molecule has 5 nitrogen and oxygen atoms in total. The molecule has 0 fully saturated rings. The number of esters is 1. The minimum Gasteiger partial charge on any atom is -0.459 e. The molecule has 0 aliphatic carbocycles. The summed E-state index contributed by atoms with van der Waals surface area (Å²) < 4.78 is 6.62. The number of aromatic nitrogens is 2. The van der Waals surface area contributed by atoms with Crippen molar-refractivity contribution in [1.82, 2.24) is 9.55 Å². The van der Waals surface area contributed by atoms with Gasteiger partial charge in [0.05, 0.1) is 17.2 Å². The van der Waals surface area contributed by atoms with Crippen molar-refractivity contribution in [3.8, 4) is 11.1 Å². The lowest BCUT2D eigenvalue weighted by Gasteiger charge is -2.09. The fourth-order valence-corrected chi connectivity index (χ4v) is 3.22. The minimum atomic E-state index is -0.479. The molecule has 0 aliphatic heterocycles. The van der Waals surface area contributed by atoms with Crippen LogP contribution in [0, 0.1) is 6.92 Å². The van der Waals surface area contributed by atoms with Gasteiger partial charge in [-0.3, -0.25) is 14.2 Å². The number of hydrogen-bond acceptors (Lipinski definition) is 4. The first-order valence-corrected chi connectivity index (χ1v) is 9.36. The highest BCUT2D eigenvalue weighted by Crippen LogP contribution is 2.19. The summed E-state index contributed by atoms with van der Waals surface area (Å²) in [6.45, 7) is 1.89. The highest BCUT2D eigenvalue weighted by molar-refractivity contribution is 5.80. The first kappa shape index (κ1) is 18.6. The molecule has 0 amide bonds. The van der Waals surface area contributed by atoms with Gasteiger partial charge in [0, 0.05) is 0 Å². The Labute approximate surface area is 168 Å². The number of rotatable bonds is 5. The molecule has 0 radical (unpaired) electrons. The average molecular weight is 384 g/mol. The smallest absolute Gasteiger partial charge is 0.326 e. The standard InChI is InChI=1S/C24H20N2O3/c1-17-6-5-9-21-23(17)25-16-26(24(21)28)14-22(27)29-15-18-10-12-20(13-11-18)19-7-3-2-4-8-19/h2-13,16H,14-15H2,1H3. The Balaban J connectivity index is 1.41. The van der Waals surface area contributed by atoms with Crippen molar-refractivity contribution in [2.75, 3.05) is 0 Å². The van der Waals surface area contributed by atoms with Crippen LogP contribution >= 0.6 is 0 Å². The van der Waals surface area contributed by atoms with Crippen LogP contribution in [0.15, 0.2) is 83.9 Å². The number of aryl methyl sites for hydroxylation is 1. The fraction of sp³-hybridized carbons (Fsp3) is 0.125. The Kier molecular flexibility index (Phi) is 5.20. The van der Waals surface area contributed by atoms with E-state index in [0.717, 1.165) is 22.3 Å². The molecular formula is C24H20N2O3. The maximum absolute atomic E-state index is 12.6. The van der Waals surface area contributed by atoms with Crippen LogP contribution in [0.3, 0.4) is 0 Å². The van der Waals surface area contributed by atoms with Gasteiger partial charge in [-0.25, -0.2) is 4.98 Å². The van der Waals surface area contributed by atoms with E-state index in [2.05, 4.69) is 4.98 Å². The van der Waals surface area contributed by atoms with Crippen LogP contribution in [0.2, 0.25) is 0 Å². The molecule has 0 N–H and O–H groups in total. The van der Waals surface area contributed by atoms with Crippen LogP contribution in [0.1, 0.15) is 11.1 Å². The Hall–Kier alpha value is -3.73. The largest absolute Gasteiger partial charge is 0.459 e. The number of benzene rings is 3. The number of carbonyl (C=O) groups is 1. The Bertz CT molecular complexity index is 1210. The first-order valence-electron chi connectivity index (χ1n) is 9.36. The molecule has 5 heteroatoms. The van der Waals surface area contributed by atoms with E-state index >= 15 is 0 Å². The molecule has 4 rings (SSSR count). The number of para-hydroxylation sites is 1. The summed E-state index contributed by atoms with van der Waals surface area (Å²) in [5.74, 6) is -0.479. The second-order valence-electron chi connectivity index (χ2n) is 6.87. The summed E-state index contributed by atoms with van der Waals surface area (Å²) in [7, 11) is 0. The monoisotopic (exact) mass is 384 g/mol. The van der Waals surface area contributed by atoms with E-state index in [1.54, 1.807) is 6.07 Å². The molecular weight excluding hydrogens is 364 g/mol. The summed E-state index contributed by atoms with van der Waals surface area (Å²) in [5.41, 5.74) is 4.45. The normalized spacial score (nSPS) is 10.8. The van der Waals surface area contributed by atoms with E-state index in [4.69, 9.17) is 4.74 Å². The lowest BCUT2D eigenvalue weighted by molar-refractivity contribution is -0.145. The highest BCUT2D eigenvalue weighted by atomic mass is 16.5. The molecule has 0 saturated heterocycles.